The lowest BCUT2D eigenvalue weighted by atomic mass is 10.2. The summed E-state index contributed by atoms with van der Waals surface area (Å²) in [6.07, 6.45) is 2.72. The molecule has 0 fully saturated rings. The van der Waals surface area contributed by atoms with Crippen LogP contribution in [0.5, 0.6) is 0 Å². The number of methoxy groups -OCH3 is 1. The summed E-state index contributed by atoms with van der Waals surface area (Å²) >= 11 is 7.68. The highest BCUT2D eigenvalue weighted by Gasteiger charge is 2.33. The maximum absolute atomic E-state index is 11.9. The number of nitrogens with zero attached hydrogens (tertiary/aromatic N) is 5. The topological polar surface area (TPSA) is 72.1 Å². The van der Waals surface area contributed by atoms with E-state index in [1.165, 1.54) is 18.9 Å². The molecule has 1 atom stereocenters. The van der Waals surface area contributed by atoms with E-state index in [1.54, 1.807) is 10.9 Å². The van der Waals surface area contributed by atoms with Crippen molar-refractivity contribution in [2.75, 3.05) is 20.2 Å². The molecule has 0 unspecified atom stereocenters. The standard InChI is InChI=1S/C19H20ClN5O2S/c1-11-5-6-13(9-15(11)20)25-17-14(10-22-25)16-21-7-4-8-24(16)19(23-17)28-12(2)18(26)27-3/h5-6,9-10,12H,4,7-8H2,1-3H3/t12-/m1/s1. The van der Waals surface area contributed by atoms with Crippen molar-refractivity contribution in [1.82, 2.24) is 14.7 Å². The fraction of sp³-hybridized carbons (Fsp3) is 0.368. The Balaban J connectivity index is 1.80. The number of aromatic nitrogens is 2. The zero-order valence-electron chi connectivity index (χ0n) is 15.8. The predicted molar refractivity (Wildman–Crippen MR) is 112 cm³/mol. The van der Waals surface area contributed by atoms with E-state index < -0.39 is 0 Å². The van der Waals surface area contributed by atoms with Crippen LogP contribution in [0.1, 0.15) is 24.5 Å². The van der Waals surface area contributed by atoms with E-state index in [0.29, 0.717) is 10.8 Å². The molecule has 0 spiro atoms. The van der Waals surface area contributed by atoms with Crippen molar-refractivity contribution in [3.8, 4) is 5.69 Å². The Morgan fingerprint density at radius 2 is 2.21 bits per heavy atom. The maximum atomic E-state index is 11.9. The minimum atomic E-state index is -0.376. The van der Waals surface area contributed by atoms with Crippen molar-refractivity contribution in [2.24, 2.45) is 9.98 Å². The highest BCUT2D eigenvalue weighted by Crippen LogP contribution is 2.35. The Morgan fingerprint density at radius 1 is 1.39 bits per heavy atom. The molecule has 0 amide bonds. The summed E-state index contributed by atoms with van der Waals surface area (Å²) in [5, 5.41) is 5.56. The Morgan fingerprint density at radius 3 is 2.96 bits per heavy atom. The fourth-order valence-electron chi connectivity index (χ4n) is 3.14. The van der Waals surface area contributed by atoms with E-state index in [4.69, 9.17) is 26.3 Å². The van der Waals surface area contributed by atoms with Crippen LogP contribution in [-0.4, -0.2) is 57.1 Å². The van der Waals surface area contributed by atoms with Crippen LogP contribution >= 0.6 is 23.4 Å². The Bertz CT molecular complexity index is 1000. The van der Waals surface area contributed by atoms with Crippen LogP contribution < -0.4 is 0 Å². The van der Waals surface area contributed by atoms with E-state index in [2.05, 4.69) is 10.00 Å². The summed E-state index contributed by atoms with van der Waals surface area (Å²) in [5.74, 6) is 1.25. The van der Waals surface area contributed by atoms with Crippen molar-refractivity contribution in [3.05, 3.63) is 40.5 Å². The lowest BCUT2D eigenvalue weighted by Crippen LogP contribution is -2.42. The van der Waals surface area contributed by atoms with Crippen LogP contribution in [0.15, 0.2) is 34.4 Å². The first-order valence-corrected chi connectivity index (χ1v) is 10.3. The smallest absolute Gasteiger partial charge is 0.318 e. The molecule has 0 bridgehead atoms. The molecule has 2 aliphatic rings. The zero-order valence-corrected chi connectivity index (χ0v) is 17.4. The van der Waals surface area contributed by atoms with Crippen molar-refractivity contribution in [3.63, 3.8) is 0 Å². The lowest BCUT2D eigenvalue weighted by Gasteiger charge is -2.33. The maximum Gasteiger partial charge on any atom is 0.318 e. The molecule has 146 valence electrons. The molecule has 7 nitrogen and oxygen atoms in total. The summed E-state index contributed by atoms with van der Waals surface area (Å²) in [6.45, 7) is 5.34. The van der Waals surface area contributed by atoms with Crippen molar-refractivity contribution in [1.29, 1.82) is 0 Å². The summed E-state index contributed by atoms with van der Waals surface area (Å²) in [7, 11) is 1.39. The first-order chi connectivity index (χ1) is 13.5. The van der Waals surface area contributed by atoms with Crippen molar-refractivity contribution >= 4 is 46.2 Å². The van der Waals surface area contributed by atoms with Crippen molar-refractivity contribution in [2.45, 2.75) is 25.5 Å². The number of aryl methyl sites for hydroxylation is 1. The molecule has 2 aliphatic heterocycles. The normalized spacial score (nSPS) is 16.6. The molecular weight excluding hydrogens is 398 g/mol. The highest BCUT2D eigenvalue weighted by atomic mass is 35.5. The molecule has 2 aromatic rings. The average Bonchev–Trinajstić information content (AvgIpc) is 3.13. The molecule has 4 rings (SSSR count). The van der Waals surface area contributed by atoms with E-state index >= 15 is 0 Å². The molecule has 0 aliphatic carbocycles. The number of carbonyl (C=O) groups is 1. The molecular formula is C19H20ClN5O2S. The van der Waals surface area contributed by atoms with Crippen LogP contribution in [0.3, 0.4) is 0 Å². The molecule has 1 aromatic carbocycles. The van der Waals surface area contributed by atoms with Crippen LogP contribution in [0.2, 0.25) is 5.02 Å². The molecule has 9 heteroatoms. The average molecular weight is 418 g/mol. The Hall–Kier alpha value is -2.32. The quantitative estimate of drug-likeness (QED) is 0.713. The second-order valence-electron chi connectivity index (χ2n) is 6.62. The highest BCUT2D eigenvalue weighted by molar-refractivity contribution is 8.14. The van der Waals surface area contributed by atoms with Gasteiger partial charge in [0, 0.05) is 18.1 Å². The lowest BCUT2D eigenvalue weighted by molar-refractivity contribution is -0.139. The van der Waals surface area contributed by atoms with E-state index in [1.807, 2.05) is 32.0 Å². The SMILES string of the molecule is COC(=O)[C@@H](C)SC1=Nc2c(cnn2-c2ccc(C)c(Cl)c2)C2=NCCCN12. The number of aliphatic imine (C=N–C) groups is 2. The second kappa shape index (κ2) is 7.60. The largest absolute Gasteiger partial charge is 0.468 e. The van der Waals surface area contributed by atoms with Crippen LogP contribution in [0, 0.1) is 6.92 Å². The molecule has 1 aromatic heterocycles. The number of amidine groups is 2. The molecule has 28 heavy (non-hydrogen) atoms. The van der Waals surface area contributed by atoms with Gasteiger partial charge < -0.3 is 9.64 Å². The number of carbonyl (C=O) groups excluding carboxylic acids is 1. The van der Waals surface area contributed by atoms with Gasteiger partial charge in [-0.1, -0.05) is 29.4 Å². The van der Waals surface area contributed by atoms with Gasteiger partial charge in [-0.25, -0.2) is 9.67 Å². The minimum Gasteiger partial charge on any atom is -0.468 e. The summed E-state index contributed by atoms with van der Waals surface area (Å²) < 4.78 is 6.63. The van der Waals surface area contributed by atoms with Gasteiger partial charge in [0.1, 0.15) is 11.1 Å². The number of halogens is 1. The number of ether oxygens (including phenoxy) is 1. The molecule has 0 saturated carbocycles. The summed E-state index contributed by atoms with van der Waals surface area (Å²) in [6, 6.07) is 5.79. The van der Waals surface area contributed by atoms with Gasteiger partial charge in [0.2, 0.25) is 0 Å². The number of fused-ring (bicyclic) bond motifs is 3. The van der Waals surface area contributed by atoms with Gasteiger partial charge in [0.25, 0.3) is 0 Å². The zero-order chi connectivity index (χ0) is 19.8. The number of hydrogen-bond acceptors (Lipinski definition) is 7. The van der Waals surface area contributed by atoms with Crippen LogP contribution in [-0.2, 0) is 9.53 Å². The number of esters is 1. The number of hydrogen-bond donors (Lipinski definition) is 0. The first kappa shape index (κ1) is 19.0. The third-order valence-electron chi connectivity index (χ3n) is 4.69. The van der Waals surface area contributed by atoms with E-state index in [0.717, 1.165) is 47.3 Å². The van der Waals surface area contributed by atoms with Gasteiger partial charge in [0.15, 0.2) is 11.0 Å². The third kappa shape index (κ3) is 3.31. The number of rotatable bonds is 3. The summed E-state index contributed by atoms with van der Waals surface area (Å²) in [4.78, 5) is 23.5. The monoisotopic (exact) mass is 417 g/mol. The minimum absolute atomic E-state index is 0.284. The van der Waals surface area contributed by atoms with Gasteiger partial charge in [-0.3, -0.25) is 9.79 Å². The Kier molecular flexibility index (Phi) is 5.16. The Labute approximate surface area is 172 Å². The number of thioether (sulfide) groups is 1. The van der Waals surface area contributed by atoms with Gasteiger partial charge in [0.05, 0.1) is 24.6 Å². The predicted octanol–water partition coefficient (Wildman–Crippen LogP) is 3.58. The number of benzene rings is 1. The van der Waals surface area contributed by atoms with Crippen LogP contribution in [0.25, 0.3) is 5.69 Å². The first-order valence-electron chi connectivity index (χ1n) is 8.99. The third-order valence-corrected chi connectivity index (χ3v) is 6.17. The van der Waals surface area contributed by atoms with Gasteiger partial charge >= 0.3 is 5.97 Å². The van der Waals surface area contributed by atoms with E-state index in [-0.39, 0.29) is 11.2 Å². The fourth-order valence-corrected chi connectivity index (χ4v) is 4.27. The van der Waals surface area contributed by atoms with Gasteiger partial charge in [-0.05, 0) is 38.0 Å². The summed E-state index contributed by atoms with van der Waals surface area (Å²) in [5.41, 5.74) is 2.71. The molecule has 0 saturated heterocycles. The van der Waals surface area contributed by atoms with Gasteiger partial charge in [-0.15, -0.1) is 0 Å². The molecule has 0 radical (unpaired) electrons. The molecule has 0 N–H and O–H groups in total. The van der Waals surface area contributed by atoms with Gasteiger partial charge in [-0.2, -0.15) is 5.10 Å². The second-order valence-corrected chi connectivity index (χ2v) is 8.33. The van der Waals surface area contributed by atoms with E-state index in [9.17, 15) is 4.79 Å². The van der Waals surface area contributed by atoms with Crippen LogP contribution in [0.4, 0.5) is 5.82 Å². The van der Waals surface area contributed by atoms with Crippen molar-refractivity contribution < 1.29 is 9.53 Å². The molecule has 3 heterocycles.